The number of carboxylic acid groups (broad SMARTS) is 1. The molecule has 0 aromatic rings. The van der Waals surface area contributed by atoms with Crippen LogP contribution in [0.4, 0.5) is 4.79 Å². The van der Waals surface area contributed by atoms with Crippen LogP contribution in [0.5, 0.6) is 0 Å². The van der Waals surface area contributed by atoms with Crippen LogP contribution >= 0.6 is 0 Å². The van der Waals surface area contributed by atoms with Crippen LogP contribution in [-0.4, -0.2) is 49.1 Å². The quantitative estimate of drug-likeness (QED) is 0.625. The summed E-state index contributed by atoms with van der Waals surface area (Å²) in [7, 11) is -3.19. The van der Waals surface area contributed by atoms with Crippen LogP contribution in [0.25, 0.3) is 0 Å². The van der Waals surface area contributed by atoms with Crippen molar-refractivity contribution in [3.8, 4) is 0 Å². The van der Waals surface area contributed by atoms with Crippen molar-refractivity contribution < 1.29 is 23.1 Å². The fourth-order valence-corrected chi connectivity index (χ4v) is 2.08. The Morgan fingerprint density at radius 1 is 1.35 bits per heavy atom. The maximum Gasteiger partial charge on any atom is 0.328 e. The van der Waals surface area contributed by atoms with E-state index in [4.69, 9.17) is 5.11 Å². The van der Waals surface area contributed by atoms with Gasteiger partial charge in [0.25, 0.3) is 0 Å². The molecule has 0 fully saturated rings. The Bertz CT molecular complexity index is 402. The molecule has 0 spiro atoms. The first-order chi connectivity index (χ1) is 7.44. The first-order valence-electron chi connectivity index (χ1n) is 4.94. The van der Waals surface area contributed by atoms with Crippen molar-refractivity contribution in [1.82, 2.24) is 10.6 Å². The second-order valence-electron chi connectivity index (χ2n) is 4.52. The van der Waals surface area contributed by atoms with Gasteiger partial charge >= 0.3 is 12.0 Å². The Hall–Kier alpha value is -1.31. The minimum absolute atomic E-state index is 0.200. The topological polar surface area (TPSA) is 113 Å². The number of hydrogen-bond donors (Lipinski definition) is 3. The normalized spacial score (nSPS) is 13.9. The molecule has 1 atom stereocenters. The molecule has 100 valence electrons. The first kappa shape index (κ1) is 15.7. The lowest BCUT2D eigenvalue weighted by atomic mass is 10.1. The smallest absolute Gasteiger partial charge is 0.328 e. The molecule has 0 aliphatic rings. The van der Waals surface area contributed by atoms with E-state index in [9.17, 15) is 18.0 Å². The van der Waals surface area contributed by atoms with Crippen LogP contribution in [0.3, 0.4) is 0 Å². The van der Waals surface area contributed by atoms with Gasteiger partial charge in [-0.3, -0.25) is 0 Å². The second kappa shape index (κ2) is 5.35. The predicted molar refractivity (Wildman–Crippen MR) is 62.6 cm³/mol. The lowest BCUT2D eigenvalue weighted by Crippen LogP contribution is -2.55. The molecule has 1 unspecified atom stereocenters. The third kappa shape index (κ3) is 6.77. The lowest BCUT2D eigenvalue weighted by Gasteiger charge is -2.22. The van der Waals surface area contributed by atoms with Gasteiger partial charge in [-0.2, -0.15) is 0 Å². The number of amides is 2. The van der Waals surface area contributed by atoms with Gasteiger partial charge in [-0.15, -0.1) is 0 Å². The van der Waals surface area contributed by atoms with Crippen molar-refractivity contribution in [3.63, 3.8) is 0 Å². The molecule has 0 aliphatic heterocycles. The van der Waals surface area contributed by atoms with Crippen LogP contribution < -0.4 is 10.6 Å². The van der Waals surface area contributed by atoms with E-state index >= 15 is 0 Å². The highest BCUT2D eigenvalue weighted by Crippen LogP contribution is 2.01. The molecule has 0 heterocycles. The Labute approximate surface area is 101 Å². The van der Waals surface area contributed by atoms with Gasteiger partial charge in [0.15, 0.2) is 0 Å². The number of carbonyl (C=O) groups is 2. The third-order valence-electron chi connectivity index (χ3n) is 1.89. The minimum atomic E-state index is -3.19. The Kier molecular flexibility index (Phi) is 4.94. The standard InChI is InChI=1S/C9H18N2O5S/c1-6(5-17(4,15)16)10-8(14)11-9(2,3)7(12)13/h6H,5H2,1-4H3,(H,12,13)(H2,10,11,14). The van der Waals surface area contributed by atoms with Crippen LogP contribution in [0.2, 0.25) is 0 Å². The number of urea groups is 1. The molecule has 2 amide bonds. The molecular weight excluding hydrogens is 248 g/mol. The van der Waals surface area contributed by atoms with E-state index in [1.807, 2.05) is 0 Å². The van der Waals surface area contributed by atoms with Crippen molar-refractivity contribution >= 4 is 21.8 Å². The van der Waals surface area contributed by atoms with Gasteiger partial charge in [0, 0.05) is 12.3 Å². The lowest BCUT2D eigenvalue weighted by molar-refractivity contribution is -0.142. The summed E-state index contributed by atoms with van der Waals surface area (Å²) in [5.74, 6) is -1.38. The van der Waals surface area contributed by atoms with Crippen LogP contribution in [0, 0.1) is 0 Å². The number of sulfone groups is 1. The van der Waals surface area contributed by atoms with E-state index in [0.717, 1.165) is 6.26 Å². The van der Waals surface area contributed by atoms with Gasteiger partial charge in [-0.1, -0.05) is 0 Å². The Balaban J connectivity index is 4.34. The number of aliphatic carboxylic acids is 1. The number of carboxylic acids is 1. The van der Waals surface area contributed by atoms with Crippen LogP contribution in [-0.2, 0) is 14.6 Å². The first-order valence-corrected chi connectivity index (χ1v) is 7.00. The molecule has 17 heavy (non-hydrogen) atoms. The van der Waals surface area contributed by atoms with Crippen molar-refractivity contribution in [1.29, 1.82) is 0 Å². The average molecular weight is 266 g/mol. The molecule has 0 saturated heterocycles. The van der Waals surface area contributed by atoms with Crippen molar-refractivity contribution in [2.24, 2.45) is 0 Å². The molecule has 0 bridgehead atoms. The highest BCUT2D eigenvalue weighted by atomic mass is 32.2. The number of carbonyl (C=O) groups excluding carboxylic acids is 1. The molecule has 7 nitrogen and oxygen atoms in total. The van der Waals surface area contributed by atoms with E-state index < -0.39 is 33.4 Å². The molecule has 0 saturated carbocycles. The fraction of sp³-hybridized carbons (Fsp3) is 0.778. The predicted octanol–water partition coefficient (Wildman–Crippen LogP) is -0.418. The largest absolute Gasteiger partial charge is 0.480 e. The monoisotopic (exact) mass is 266 g/mol. The van der Waals surface area contributed by atoms with Gasteiger partial charge in [0.05, 0.1) is 5.75 Å². The molecule has 0 aromatic heterocycles. The number of nitrogens with one attached hydrogen (secondary N) is 2. The zero-order chi connectivity index (χ0) is 13.9. The summed E-state index contributed by atoms with van der Waals surface area (Å²) in [6.45, 7) is 4.18. The van der Waals surface area contributed by atoms with E-state index in [-0.39, 0.29) is 5.75 Å². The van der Waals surface area contributed by atoms with Gasteiger partial charge in [0.1, 0.15) is 15.4 Å². The zero-order valence-electron chi connectivity index (χ0n) is 10.3. The van der Waals surface area contributed by atoms with Crippen LogP contribution in [0.15, 0.2) is 0 Å². The van der Waals surface area contributed by atoms with Gasteiger partial charge in [0.2, 0.25) is 0 Å². The molecule has 3 N–H and O–H groups in total. The summed E-state index contributed by atoms with van der Waals surface area (Å²) in [6, 6.07) is -1.30. The maximum absolute atomic E-state index is 11.4. The highest BCUT2D eigenvalue weighted by molar-refractivity contribution is 7.90. The molecule has 0 aromatic carbocycles. The summed E-state index contributed by atoms with van der Waals surface area (Å²) in [5.41, 5.74) is -1.41. The summed E-state index contributed by atoms with van der Waals surface area (Å²) in [6.07, 6.45) is 1.06. The van der Waals surface area contributed by atoms with Crippen LogP contribution in [0.1, 0.15) is 20.8 Å². The summed E-state index contributed by atoms with van der Waals surface area (Å²) in [5, 5.41) is 13.4. The fourth-order valence-electron chi connectivity index (χ4n) is 1.09. The summed E-state index contributed by atoms with van der Waals surface area (Å²) in [4.78, 5) is 22.1. The number of hydrogen-bond acceptors (Lipinski definition) is 4. The van der Waals surface area contributed by atoms with E-state index in [1.54, 1.807) is 0 Å². The zero-order valence-corrected chi connectivity index (χ0v) is 11.1. The Morgan fingerprint density at radius 2 is 1.82 bits per heavy atom. The summed E-state index contributed by atoms with van der Waals surface area (Å²) < 4.78 is 21.9. The third-order valence-corrected chi connectivity index (χ3v) is 3.00. The van der Waals surface area contributed by atoms with Crippen molar-refractivity contribution in [3.05, 3.63) is 0 Å². The van der Waals surface area contributed by atoms with E-state index in [1.165, 1.54) is 20.8 Å². The molecule has 0 aliphatic carbocycles. The van der Waals surface area contributed by atoms with E-state index in [2.05, 4.69) is 10.6 Å². The van der Waals surface area contributed by atoms with Gasteiger partial charge < -0.3 is 15.7 Å². The Morgan fingerprint density at radius 3 is 2.18 bits per heavy atom. The highest BCUT2D eigenvalue weighted by Gasteiger charge is 2.29. The molecule has 8 heteroatoms. The SMILES string of the molecule is CC(CS(C)(=O)=O)NC(=O)NC(C)(C)C(=O)O. The molecule has 0 rings (SSSR count). The van der Waals surface area contributed by atoms with Gasteiger partial charge in [-0.25, -0.2) is 18.0 Å². The van der Waals surface area contributed by atoms with Crippen molar-refractivity contribution in [2.75, 3.05) is 12.0 Å². The average Bonchev–Trinajstić information content (AvgIpc) is 1.96. The molecular formula is C9H18N2O5S. The van der Waals surface area contributed by atoms with E-state index in [0.29, 0.717) is 0 Å². The maximum atomic E-state index is 11.4. The summed E-state index contributed by atoms with van der Waals surface area (Å²) >= 11 is 0. The van der Waals surface area contributed by atoms with Gasteiger partial charge in [-0.05, 0) is 20.8 Å². The van der Waals surface area contributed by atoms with Crippen molar-refractivity contribution in [2.45, 2.75) is 32.4 Å². The molecule has 0 radical (unpaired) electrons. The second-order valence-corrected chi connectivity index (χ2v) is 6.71. The number of rotatable bonds is 5. The minimum Gasteiger partial charge on any atom is -0.480 e.